The molecule has 81 heavy (non-hydrogen) atoms. The molecular formula is C75H47N5O. The van der Waals surface area contributed by atoms with E-state index in [4.69, 9.17) is 19.4 Å². The average Bonchev–Trinajstić information content (AvgIpc) is 3.78. The van der Waals surface area contributed by atoms with Crippen LogP contribution < -0.4 is 0 Å². The van der Waals surface area contributed by atoms with Crippen LogP contribution in [0.3, 0.4) is 0 Å². The van der Waals surface area contributed by atoms with Crippen molar-refractivity contribution in [1.82, 2.24) is 24.1 Å². The highest BCUT2D eigenvalue weighted by Crippen LogP contribution is 2.48. The van der Waals surface area contributed by atoms with Crippen molar-refractivity contribution in [1.29, 1.82) is 0 Å². The van der Waals surface area contributed by atoms with Crippen LogP contribution in [0.1, 0.15) is 0 Å². The maximum atomic E-state index is 7.46. The van der Waals surface area contributed by atoms with Crippen molar-refractivity contribution in [2.75, 3.05) is 0 Å². The Kier molecular flexibility index (Phi) is 10.8. The summed E-state index contributed by atoms with van der Waals surface area (Å²) in [5.41, 5.74) is 19.6. The van der Waals surface area contributed by atoms with E-state index >= 15 is 0 Å². The van der Waals surface area contributed by atoms with Crippen LogP contribution in [0.25, 0.3) is 156 Å². The van der Waals surface area contributed by atoms with Crippen LogP contribution in [0.4, 0.5) is 0 Å². The number of aromatic nitrogens is 5. The number of hydrogen-bond acceptors (Lipinski definition) is 4. The molecule has 0 saturated carbocycles. The largest absolute Gasteiger partial charge is 0.455 e. The summed E-state index contributed by atoms with van der Waals surface area (Å²) in [6.07, 6.45) is 0. The maximum absolute atomic E-state index is 7.46. The molecule has 0 N–H and O–H groups in total. The zero-order valence-electron chi connectivity index (χ0n) is 43.8. The Morgan fingerprint density at radius 3 is 1.05 bits per heavy atom. The van der Waals surface area contributed by atoms with E-state index in [1.54, 1.807) is 0 Å². The van der Waals surface area contributed by atoms with Gasteiger partial charge in [-0.15, -0.1) is 0 Å². The lowest BCUT2D eigenvalue weighted by Crippen LogP contribution is -2.04. The molecule has 0 amide bonds. The third-order valence-corrected chi connectivity index (χ3v) is 16.0. The molecule has 378 valence electrons. The van der Waals surface area contributed by atoms with Crippen LogP contribution in [0.2, 0.25) is 0 Å². The van der Waals surface area contributed by atoms with Crippen LogP contribution in [-0.2, 0) is 0 Å². The molecule has 4 aromatic heterocycles. The lowest BCUT2D eigenvalue weighted by molar-refractivity contribution is 0.677. The Bertz CT molecular complexity index is 4890. The normalized spacial score (nSPS) is 11.7. The first kappa shape index (κ1) is 46.2. The fourth-order valence-electron chi connectivity index (χ4n) is 12.2. The van der Waals surface area contributed by atoms with Crippen LogP contribution >= 0.6 is 0 Å². The van der Waals surface area contributed by atoms with Crippen molar-refractivity contribution in [2.24, 2.45) is 0 Å². The highest BCUT2D eigenvalue weighted by molar-refractivity contribution is 6.29. The summed E-state index contributed by atoms with van der Waals surface area (Å²) in [7, 11) is 0. The van der Waals surface area contributed by atoms with E-state index in [9.17, 15) is 0 Å². The minimum atomic E-state index is 0.574. The molecule has 0 aliphatic heterocycles. The topological polar surface area (TPSA) is 61.7 Å². The second-order valence-corrected chi connectivity index (χ2v) is 20.7. The molecule has 6 heteroatoms. The van der Waals surface area contributed by atoms with Crippen molar-refractivity contribution in [2.45, 2.75) is 0 Å². The van der Waals surface area contributed by atoms with E-state index in [0.29, 0.717) is 17.5 Å². The fourth-order valence-corrected chi connectivity index (χ4v) is 12.2. The van der Waals surface area contributed by atoms with E-state index in [-0.39, 0.29) is 0 Å². The van der Waals surface area contributed by atoms with Gasteiger partial charge in [-0.05, 0) is 94.0 Å². The molecule has 0 atom stereocenters. The quantitative estimate of drug-likeness (QED) is 0.145. The Labute approximate surface area is 466 Å². The summed E-state index contributed by atoms with van der Waals surface area (Å²) in [6, 6.07) is 101. The third-order valence-electron chi connectivity index (χ3n) is 16.0. The molecule has 0 saturated heterocycles. The second-order valence-electron chi connectivity index (χ2n) is 20.7. The number of rotatable bonds is 9. The van der Waals surface area contributed by atoms with Gasteiger partial charge in [-0.1, -0.05) is 224 Å². The molecule has 0 radical (unpaired) electrons. The molecule has 0 aliphatic carbocycles. The zero-order valence-corrected chi connectivity index (χ0v) is 43.8. The minimum Gasteiger partial charge on any atom is -0.455 e. The summed E-state index contributed by atoms with van der Waals surface area (Å²) >= 11 is 0. The number of fused-ring (bicyclic) bond motifs is 11. The fraction of sp³-hybridized carbons (Fsp3) is 0. The van der Waals surface area contributed by atoms with Gasteiger partial charge >= 0.3 is 0 Å². The summed E-state index contributed by atoms with van der Waals surface area (Å²) in [6.45, 7) is 0. The average molecular weight is 1030 g/mol. The highest BCUT2D eigenvalue weighted by atomic mass is 16.3. The first-order valence-electron chi connectivity index (χ1n) is 27.4. The standard InChI is InChI=1S/C75H47N5O/c1-6-20-48(21-7-1)50-34-38-52(39-35-50)62-46-56(75-77-73(54-24-10-3-11-25-54)76-74(78-75)55-26-12-4-13-27-55)47-63(53-40-36-51(37-41-53)49-22-8-2-9-23-49)70(62)80-65-33-19-17-31-61(65)69-67(80)45-43-59-58-42-44-66-68(71(58)81-72(59)69)60-30-16-18-32-64(60)79(66)57-28-14-5-15-29-57/h1-47H. The summed E-state index contributed by atoms with van der Waals surface area (Å²) in [4.78, 5) is 15.8. The molecule has 16 aromatic rings. The lowest BCUT2D eigenvalue weighted by Gasteiger charge is -2.21. The molecule has 6 nitrogen and oxygen atoms in total. The number of hydrogen-bond donors (Lipinski definition) is 0. The number of nitrogens with zero attached hydrogens (tertiary/aromatic N) is 5. The van der Waals surface area contributed by atoms with Gasteiger partial charge in [0.05, 0.1) is 38.5 Å². The van der Waals surface area contributed by atoms with E-state index in [1.807, 2.05) is 36.4 Å². The van der Waals surface area contributed by atoms with Gasteiger partial charge in [0, 0.05) is 55.0 Å². The molecule has 0 spiro atoms. The minimum absolute atomic E-state index is 0.574. The number of furan rings is 1. The van der Waals surface area contributed by atoms with Gasteiger partial charge in [-0.2, -0.15) is 0 Å². The van der Waals surface area contributed by atoms with Crippen LogP contribution in [-0.4, -0.2) is 24.1 Å². The monoisotopic (exact) mass is 1030 g/mol. The highest BCUT2D eigenvalue weighted by Gasteiger charge is 2.27. The van der Waals surface area contributed by atoms with Crippen molar-refractivity contribution in [3.8, 4) is 90.0 Å². The maximum Gasteiger partial charge on any atom is 0.164 e. The lowest BCUT2D eigenvalue weighted by atomic mass is 9.91. The van der Waals surface area contributed by atoms with E-state index in [0.717, 1.165) is 138 Å². The third kappa shape index (κ3) is 7.68. The number of benzene rings is 12. The van der Waals surface area contributed by atoms with Gasteiger partial charge in [-0.3, -0.25) is 0 Å². The smallest absolute Gasteiger partial charge is 0.164 e. The van der Waals surface area contributed by atoms with Crippen LogP contribution in [0, 0.1) is 0 Å². The molecule has 0 bridgehead atoms. The van der Waals surface area contributed by atoms with Crippen LogP contribution in [0.5, 0.6) is 0 Å². The Morgan fingerprint density at radius 1 is 0.247 bits per heavy atom. The molecule has 12 aromatic carbocycles. The second kappa shape index (κ2) is 18.9. The Hall–Kier alpha value is -11.0. The SMILES string of the molecule is c1ccc(-c2ccc(-c3cc(-c4nc(-c5ccccc5)nc(-c5ccccc5)n4)cc(-c4ccc(-c5ccccc5)cc4)c3-n3c4ccccc4c4c5oc6c(ccc7c6c6ccccc6n7-c6ccccc6)c5ccc43)cc2)cc1. The van der Waals surface area contributed by atoms with Crippen molar-refractivity contribution in [3.05, 3.63) is 285 Å². The molecule has 0 unspecified atom stereocenters. The van der Waals surface area contributed by atoms with Gasteiger partial charge in [0.1, 0.15) is 11.2 Å². The summed E-state index contributed by atoms with van der Waals surface area (Å²) < 4.78 is 12.3. The van der Waals surface area contributed by atoms with Gasteiger partial charge in [0.2, 0.25) is 0 Å². The molecule has 4 heterocycles. The predicted molar refractivity (Wildman–Crippen MR) is 334 cm³/mol. The Balaban J connectivity index is 1.01. The zero-order chi connectivity index (χ0) is 53.4. The van der Waals surface area contributed by atoms with Crippen LogP contribution in [0.15, 0.2) is 290 Å². The molecule has 16 rings (SSSR count). The van der Waals surface area contributed by atoms with Crippen molar-refractivity contribution in [3.63, 3.8) is 0 Å². The van der Waals surface area contributed by atoms with E-state index in [2.05, 4.69) is 258 Å². The van der Waals surface area contributed by atoms with E-state index in [1.165, 1.54) is 0 Å². The predicted octanol–water partition coefficient (Wildman–Crippen LogP) is 19.6. The molecule has 0 aliphatic rings. The Morgan fingerprint density at radius 2 is 0.593 bits per heavy atom. The van der Waals surface area contributed by atoms with Crippen molar-refractivity contribution < 1.29 is 4.42 Å². The molecular weight excluding hydrogens is 987 g/mol. The van der Waals surface area contributed by atoms with Gasteiger partial charge < -0.3 is 13.6 Å². The van der Waals surface area contributed by atoms with Crippen molar-refractivity contribution >= 4 is 65.6 Å². The summed E-state index contributed by atoms with van der Waals surface area (Å²) in [5.74, 6) is 1.78. The van der Waals surface area contributed by atoms with Gasteiger partial charge in [0.15, 0.2) is 17.5 Å². The molecule has 0 fully saturated rings. The van der Waals surface area contributed by atoms with Gasteiger partial charge in [0.25, 0.3) is 0 Å². The van der Waals surface area contributed by atoms with E-state index < -0.39 is 0 Å². The van der Waals surface area contributed by atoms with Gasteiger partial charge in [-0.25, -0.2) is 15.0 Å². The number of para-hydroxylation sites is 3. The first-order valence-corrected chi connectivity index (χ1v) is 27.4. The summed E-state index contributed by atoms with van der Waals surface area (Å²) in [5, 5.41) is 6.55. The first-order chi connectivity index (χ1) is 40.2.